The Morgan fingerprint density at radius 1 is 0.909 bits per heavy atom. The summed E-state index contributed by atoms with van der Waals surface area (Å²) < 4.78 is 16.8. The Bertz CT molecular complexity index is 1320. The number of hydrogen-bond acceptors (Lipinski definition) is 2. The first kappa shape index (κ1) is 21.8. The molecule has 0 spiro atoms. The van der Waals surface area contributed by atoms with E-state index in [4.69, 9.17) is 9.47 Å². The smallest absolute Gasteiger partial charge is 0.245 e. The van der Waals surface area contributed by atoms with E-state index >= 15 is 0 Å². The van der Waals surface area contributed by atoms with Crippen molar-refractivity contribution in [3.8, 4) is 11.5 Å². The highest BCUT2D eigenvalue weighted by molar-refractivity contribution is 5.74. The summed E-state index contributed by atoms with van der Waals surface area (Å²) in [5, 5.41) is 0. The Balaban J connectivity index is 0.00000228. The van der Waals surface area contributed by atoms with Gasteiger partial charge >= 0.3 is 0 Å². The minimum Gasteiger partial charge on any atom is -1.00 e. The summed E-state index contributed by atoms with van der Waals surface area (Å²) in [6.07, 6.45) is 4.21. The molecule has 0 unspecified atom stereocenters. The minimum atomic E-state index is 0. The number of ether oxygens (including phenoxy) is 2. The summed E-state index contributed by atoms with van der Waals surface area (Å²) in [7, 11) is 0. The number of nitrogens with zero attached hydrogens (tertiary/aromatic N) is 2. The highest BCUT2D eigenvalue weighted by atomic mass is 35.5. The molecule has 0 bridgehead atoms. The molecule has 170 valence electrons. The van der Waals surface area contributed by atoms with Gasteiger partial charge in [-0.1, -0.05) is 29.8 Å². The molecule has 4 aromatic rings. The molecular weight excluding hydrogens is 432 g/mol. The number of hydrogen-bond donors (Lipinski definition) is 0. The average Bonchev–Trinajstić information content (AvgIpc) is 3.50. The highest BCUT2D eigenvalue weighted by Gasteiger charge is 2.29. The van der Waals surface area contributed by atoms with Crippen LogP contribution in [0.3, 0.4) is 0 Å². The first-order chi connectivity index (χ1) is 15.6. The number of aryl methyl sites for hydroxylation is 3. The van der Waals surface area contributed by atoms with E-state index in [9.17, 15) is 0 Å². The number of imidazole rings is 1. The van der Waals surface area contributed by atoms with Crippen LogP contribution in [-0.4, -0.2) is 17.8 Å². The van der Waals surface area contributed by atoms with Crippen molar-refractivity contribution in [2.24, 2.45) is 0 Å². The van der Waals surface area contributed by atoms with Crippen LogP contribution in [-0.2, 0) is 25.9 Å². The predicted octanol–water partition coefficient (Wildman–Crippen LogP) is 1.82. The molecule has 0 saturated heterocycles. The summed E-state index contributed by atoms with van der Waals surface area (Å²) in [5.41, 5.74) is 11.7. The van der Waals surface area contributed by atoms with Crippen molar-refractivity contribution in [1.29, 1.82) is 0 Å². The van der Waals surface area contributed by atoms with Gasteiger partial charge in [-0.2, -0.15) is 0 Å². The van der Waals surface area contributed by atoms with Gasteiger partial charge in [0.25, 0.3) is 0 Å². The Kier molecular flexibility index (Phi) is 5.57. The van der Waals surface area contributed by atoms with Crippen LogP contribution in [0.5, 0.6) is 11.5 Å². The van der Waals surface area contributed by atoms with Gasteiger partial charge in [0.1, 0.15) is 24.6 Å². The molecule has 0 saturated carbocycles. The SMILES string of the molecule is Cc1ccc(C[n+]2cn(Cc3c4c(cc5c3OCC5)OCC4)c3cc(C)c(C)cc32)cc1.[Cl-]. The molecule has 0 radical (unpaired) electrons. The second kappa shape index (κ2) is 8.42. The topological polar surface area (TPSA) is 27.3 Å². The first-order valence-electron chi connectivity index (χ1n) is 11.5. The summed E-state index contributed by atoms with van der Waals surface area (Å²) >= 11 is 0. The molecule has 5 heteroatoms. The number of rotatable bonds is 4. The third-order valence-electron chi connectivity index (χ3n) is 7.05. The van der Waals surface area contributed by atoms with Gasteiger partial charge < -0.3 is 21.9 Å². The minimum absolute atomic E-state index is 0. The average molecular weight is 461 g/mol. The Labute approximate surface area is 201 Å². The largest absolute Gasteiger partial charge is 1.00 e. The van der Waals surface area contributed by atoms with Gasteiger partial charge in [-0.15, -0.1) is 0 Å². The maximum atomic E-state index is 6.12. The number of aromatic nitrogens is 2. The molecule has 33 heavy (non-hydrogen) atoms. The van der Waals surface area contributed by atoms with Crippen LogP contribution >= 0.6 is 0 Å². The van der Waals surface area contributed by atoms with Crippen molar-refractivity contribution in [2.75, 3.05) is 13.2 Å². The number of halogens is 1. The van der Waals surface area contributed by atoms with Crippen LogP contribution in [0.25, 0.3) is 11.0 Å². The van der Waals surface area contributed by atoms with Gasteiger partial charge in [0.2, 0.25) is 6.33 Å². The van der Waals surface area contributed by atoms with E-state index in [-0.39, 0.29) is 12.4 Å². The lowest BCUT2D eigenvalue weighted by atomic mass is 9.99. The van der Waals surface area contributed by atoms with Gasteiger partial charge in [0, 0.05) is 29.5 Å². The molecule has 2 aliphatic rings. The summed E-state index contributed by atoms with van der Waals surface area (Å²) in [4.78, 5) is 0. The fourth-order valence-electron chi connectivity index (χ4n) is 5.10. The molecular formula is C28H29ClN2O2. The van der Waals surface area contributed by atoms with Crippen molar-refractivity contribution < 1.29 is 26.4 Å². The highest BCUT2D eigenvalue weighted by Crippen LogP contribution is 2.41. The van der Waals surface area contributed by atoms with Crippen molar-refractivity contribution >= 4 is 11.0 Å². The molecule has 0 fully saturated rings. The molecule has 3 aromatic carbocycles. The molecule has 0 atom stereocenters. The molecule has 1 aromatic heterocycles. The molecule has 0 aliphatic carbocycles. The van der Waals surface area contributed by atoms with Gasteiger partial charge in [0.15, 0.2) is 11.0 Å². The Morgan fingerprint density at radius 3 is 2.48 bits per heavy atom. The van der Waals surface area contributed by atoms with E-state index in [1.54, 1.807) is 0 Å². The lowest BCUT2D eigenvalue weighted by molar-refractivity contribution is -0.663. The molecule has 2 aliphatic heterocycles. The Morgan fingerprint density at radius 2 is 1.67 bits per heavy atom. The second-order valence-corrected chi connectivity index (χ2v) is 9.30. The van der Waals surface area contributed by atoms with Crippen molar-refractivity contribution in [1.82, 2.24) is 4.57 Å². The zero-order valence-electron chi connectivity index (χ0n) is 19.5. The lowest BCUT2D eigenvalue weighted by Crippen LogP contribution is -3.00. The summed E-state index contributed by atoms with van der Waals surface area (Å²) in [6.45, 7) is 9.73. The quantitative estimate of drug-likeness (QED) is 0.434. The van der Waals surface area contributed by atoms with E-state index in [1.807, 2.05) is 0 Å². The molecule has 6 rings (SSSR count). The summed E-state index contributed by atoms with van der Waals surface area (Å²) in [5.74, 6) is 2.14. The molecule has 0 N–H and O–H groups in total. The van der Waals surface area contributed by atoms with Crippen LogP contribution in [0.4, 0.5) is 0 Å². The zero-order chi connectivity index (χ0) is 21.8. The van der Waals surface area contributed by atoms with E-state index < -0.39 is 0 Å². The number of fused-ring (bicyclic) bond motifs is 3. The second-order valence-electron chi connectivity index (χ2n) is 9.30. The predicted molar refractivity (Wildman–Crippen MR) is 126 cm³/mol. The van der Waals surface area contributed by atoms with Crippen LogP contribution in [0.15, 0.2) is 48.8 Å². The molecule has 4 nitrogen and oxygen atoms in total. The standard InChI is InChI=1S/C28H29N2O2.ClH/c1-18-4-6-21(7-5-18)15-29-17-30(26-13-20(3)19(2)12-25(26)29)16-24-23-9-11-31-27(23)14-22-8-10-32-28(22)24;/h4-7,12-14,17H,8-11,15-16H2,1-3H3;1H/q+1;/p-1. The zero-order valence-corrected chi connectivity index (χ0v) is 20.2. The fourth-order valence-corrected chi connectivity index (χ4v) is 5.10. The summed E-state index contributed by atoms with van der Waals surface area (Å²) in [6, 6.07) is 15.7. The third kappa shape index (κ3) is 3.76. The van der Waals surface area contributed by atoms with E-state index in [0.29, 0.717) is 0 Å². The van der Waals surface area contributed by atoms with Crippen molar-refractivity contribution in [3.05, 3.63) is 87.7 Å². The normalized spacial score (nSPS) is 13.9. The van der Waals surface area contributed by atoms with E-state index in [2.05, 4.69) is 78.7 Å². The maximum absolute atomic E-state index is 6.12. The maximum Gasteiger partial charge on any atom is 0.245 e. The third-order valence-corrected chi connectivity index (χ3v) is 7.05. The Hall–Kier alpha value is -2.98. The molecule has 3 heterocycles. The first-order valence-corrected chi connectivity index (χ1v) is 11.5. The molecule has 0 amide bonds. The van der Waals surface area contributed by atoms with Gasteiger partial charge in [-0.25, -0.2) is 9.13 Å². The van der Waals surface area contributed by atoms with Crippen LogP contribution in [0, 0.1) is 20.8 Å². The number of benzene rings is 3. The van der Waals surface area contributed by atoms with E-state index in [1.165, 1.54) is 50.0 Å². The fraction of sp³-hybridized carbons (Fsp3) is 0.321. The van der Waals surface area contributed by atoms with Crippen LogP contribution < -0.4 is 26.4 Å². The van der Waals surface area contributed by atoms with Gasteiger partial charge in [-0.05, 0) is 55.7 Å². The van der Waals surface area contributed by atoms with Gasteiger partial charge in [-0.3, -0.25) is 0 Å². The lowest BCUT2D eigenvalue weighted by Gasteiger charge is -2.11. The van der Waals surface area contributed by atoms with E-state index in [0.717, 1.165) is 50.6 Å². The van der Waals surface area contributed by atoms with Gasteiger partial charge in [0.05, 0.1) is 13.2 Å². The monoisotopic (exact) mass is 460 g/mol. The van der Waals surface area contributed by atoms with Crippen LogP contribution in [0.1, 0.15) is 38.9 Å². The van der Waals surface area contributed by atoms with Crippen molar-refractivity contribution in [2.45, 2.75) is 46.7 Å². The van der Waals surface area contributed by atoms with Crippen LogP contribution in [0.2, 0.25) is 0 Å². The van der Waals surface area contributed by atoms with Crippen molar-refractivity contribution in [3.63, 3.8) is 0 Å².